The summed E-state index contributed by atoms with van der Waals surface area (Å²) in [6.07, 6.45) is 0. The zero-order valence-electron chi connectivity index (χ0n) is 17.5. The van der Waals surface area contributed by atoms with E-state index < -0.39 is 0 Å². The Labute approximate surface area is 192 Å². The maximum Gasteiger partial charge on any atom is 0.193 e. The number of aliphatic imine (C=N–C) groups is 1. The average molecular weight is 524 g/mol. The molecule has 1 saturated heterocycles. The summed E-state index contributed by atoms with van der Waals surface area (Å²) in [5.74, 6) is 2.31. The second-order valence-corrected chi connectivity index (χ2v) is 7.80. The third kappa shape index (κ3) is 9.15. The highest BCUT2D eigenvalue weighted by atomic mass is 127. The summed E-state index contributed by atoms with van der Waals surface area (Å²) < 4.78 is 5.77. The largest absolute Gasteiger partial charge is 0.492 e. The van der Waals surface area contributed by atoms with Gasteiger partial charge < -0.3 is 24.8 Å². The Kier molecular flexibility index (Phi) is 12.1. The SMILES string of the molecule is CN=C(NCC(C)CN1CCN(C)CC1)N(C)CCOc1ccc(Cl)cc1.I. The summed E-state index contributed by atoms with van der Waals surface area (Å²) in [5.41, 5.74) is 0. The minimum absolute atomic E-state index is 0. The normalized spacial score (nSPS) is 17.0. The van der Waals surface area contributed by atoms with Crippen LogP contribution in [0.25, 0.3) is 0 Å². The number of halogens is 2. The number of benzene rings is 1. The maximum absolute atomic E-state index is 5.89. The Morgan fingerprint density at radius 1 is 1.25 bits per heavy atom. The van der Waals surface area contributed by atoms with Gasteiger partial charge in [0.15, 0.2) is 5.96 Å². The van der Waals surface area contributed by atoms with Crippen molar-refractivity contribution in [2.75, 3.05) is 73.6 Å². The van der Waals surface area contributed by atoms with E-state index in [9.17, 15) is 0 Å². The Morgan fingerprint density at radius 2 is 1.89 bits per heavy atom. The summed E-state index contributed by atoms with van der Waals surface area (Å²) in [6, 6.07) is 7.44. The highest BCUT2D eigenvalue weighted by Crippen LogP contribution is 2.15. The molecule has 1 aromatic carbocycles. The second kappa shape index (κ2) is 13.5. The molecule has 6 nitrogen and oxygen atoms in total. The third-order valence-electron chi connectivity index (χ3n) is 4.86. The molecule has 1 aliphatic heterocycles. The highest BCUT2D eigenvalue weighted by Gasteiger charge is 2.16. The summed E-state index contributed by atoms with van der Waals surface area (Å²) in [4.78, 5) is 11.4. The molecule has 0 aromatic heterocycles. The minimum atomic E-state index is 0. The zero-order valence-corrected chi connectivity index (χ0v) is 20.6. The predicted octanol–water partition coefficient (Wildman–Crippen LogP) is 2.73. The van der Waals surface area contributed by atoms with Gasteiger partial charge in [-0.25, -0.2) is 0 Å². The lowest BCUT2D eigenvalue weighted by Crippen LogP contribution is -2.48. The van der Waals surface area contributed by atoms with Gasteiger partial charge in [0.25, 0.3) is 0 Å². The lowest BCUT2D eigenvalue weighted by atomic mass is 10.1. The van der Waals surface area contributed by atoms with Crippen molar-refractivity contribution < 1.29 is 4.74 Å². The quantitative estimate of drug-likeness (QED) is 0.322. The first-order valence-electron chi connectivity index (χ1n) is 9.69. The number of likely N-dealkylation sites (N-methyl/N-ethyl adjacent to an activating group) is 2. The summed E-state index contributed by atoms with van der Waals surface area (Å²) in [5, 5.41) is 4.21. The molecular weight excluding hydrogens is 489 g/mol. The van der Waals surface area contributed by atoms with Crippen molar-refractivity contribution in [2.24, 2.45) is 10.9 Å². The molecule has 8 heteroatoms. The van der Waals surface area contributed by atoms with Crippen molar-refractivity contribution in [2.45, 2.75) is 6.92 Å². The number of rotatable bonds is 8. The molecule has 1 fully saturated rings. The van der Waals surface area contributed by atoms with Crippen molar-refractivity contribution >= 4 is 41.5 Å². The molecule has 28 heavy (non-hydrogen) atoms. The van der Waals surface area contributed by atoms with E-state index in [2.05, 4.69) is 39.0 Å². The lowest BCUT2D eigenvalue weighted by Gasteiger charge is -2.34. The first-order chi connectivity index (χ1) is 13.0. The Bertz CT molecular complexity index is 578. The van der Waals surface area contributed by atoms with Gasteiger partial charge in [-0.15, -0.1) is 24.0 Å². The molecule has 0 aliphatic carbocycles. The van der Waals surface area contributed by atoms with E-state index in [0.717, 1.165) is 62.5 Å². The van der Waals surface area contributed by atoms with Crippen LogP contribution < -0.4 is 10.1 Å². The standard InChI is InChI=1S/C20H34ClN5O.HI/c1-17(16-26-11-9-24(3)10-12-26)15-23-20(22-2)25(4)13-14-27-19-7-5-18(21)6-8-19;/h5-8,17H,9-16H2,1-4H3,(H,22,23);1H. The fourth-order valence-electron chi connectivity index (χ4n) is 3.12. The fourth-order valence-corrected chi connectivity index (χ4v) is 3.25. The van der Waals surface area contributed by atoms with Gasteiger partial charge in [0.1, 0.15) is 12.4 Å². The van der Waals surface area contributed by atoms with E-state index >= 15 is 0 Å². The molecule has 2 rings (SSSR count). The Balaban J connectivity index is 0.00000392. The van der Waals surface area contributed by atoms with Crippen LogP contribution in [0.15, 0.2) is 29.3 Å². The van der Waals surface area contributed by atoms with Crippen molar-refractivity contribution in [1.82, 2.24) is 20.0 Å². The topological polar surface area (TPSA) is 43.3 Å². The van der Waals surface area contributed by atoms with Crippen molar-refractivity contribution in [3.63, 3.8) is 0 Å². The summed E-state index contributed by atoms with van der Waals surface area (Å²) in [6.45, 7) is 10.3. The lowest BCUT2D eigenvalue weighted by molar-refractivity contribution is 0.139. The van der Waals surface area contributed by atoms with Gasteiger partial charge >= 0.3 is 0 Å². The summed E-state index contributed by atoms with van der Waals surface area (Å²) >= 11 is 5.89. The van der Waals surface area contributed by atoms with E-state index in [1.807, 2.05) is 38.4 Å². The van der Waals surface area contributed by atoms with Gasteiger partial charge in [-0.1, -0.05) is 18.5 Å². The van der Waals surface area contributed by atoms with Gasteiger partial charge in [-0.05, 0) is 37.2 Å². The van der Waals surface area contributed by atoms with Crippen molar-refractivity contribution in [1.29, 1.82) is 0 Å². The van der Waals surface area contributed by atoms with E-state index in [4.69, 9.17) is 16.3 Å². The number of ether oxygens (including phenoxy) is 1. The van der Waals surface area contributed by atoms with Crippen LogP contribution >= 0.6 is 35.6 Å². The van der Waals surface area contributed by atoms with Gasteiger partial charge in [-0.2, -0.15) is 0 Å². The van der Waals surface area contributed by atoms with Crippen LogP contribution in [0.3, 0.4) is 0 Å². The van der Waals surface area contributed by atoms with Crippen molar-refractivity contribution in [3.05, 3.63) is 29.3 Å². The van der Waals surface area contributed by atoms with Gasteiger partial charge in [-0.3, -0.25) is 4.99 Å². The fraction of sp³-hybridized carbons (Fsp3) is 0.650. The zero-order chi connectivity index (χ0) is 19.6. The third-order valence-corrected chi connectivity index (χ3v) is 5.11. The smallest absolute Gasteiger partial charge is 0.193 e. The molecule has 0 amide bonds. The van der Waals surface area contributed by atoms with E-state index in [0.29, 0.717) is 12.5 Å². The number of nitrogens with one attached hydrogen (secondary N) is 1. The van der Waals surface area contributed by atoms with Crippen molar-refractivity contribution in [3.8, 4) is 5.75 Å². The summed E-state index contributed by atoms with van der Waals surface area (Å²) in [7, 11) is 6.05. The van der Waals surface area contributed by atoms with Crippen LogP contribution in [-0.2, 0) is 0 Å². The molecule has 1 aliphatic rings. The number of piperazine rings is 1. The van der Waals surface area contributed by atoms with Crippen LogP contribution in [0.4, 0.5) is 0 Å². The van der Waals surface area contributed by atoms with Gasteiger partial charge in [0.05, 0.1) is 6.54 Å². The molecule has 0 spiro atoms. The Hall–Kier alpha value is -0.770. The number of hydrogen-bond acceptors (Lipinski definition) is 4. The van der Waals surface area contributed by atoms with Crippen LogP contribution in [0.5, 0.6) is 5.75 Å². The van der Waals surface area contributed by atoms with Gasteiger partial charge in [0, 0.05) is 58.4 Å². The average Bonchev–Trinajstić information content (AvgIpc) is 2.66. The predicted molar refractivity (Wildman–Crippen MR) is 129 cm³/mol. The molecule has 1 N–H and O–H groups in total. The molecule has 0 radical (unpaired) electrons. The maximum atomic E-state index is 5.89. The first-order valence-corrected chi connectivity index (χ1v) is 10.1. The molecule has 1 atom stereocenters. The van der Waals surface area contributed by atoms with E-state index in [-0.39, 0.29) is 24.0 Å². The van der Waals surface area contributed by atoms with Crippen LogP contribution in [0.1, 0.15) is 6.92 Å². The molecule has 1 unspecified atom stereocenters. The number of guanidine groups is 1. The Morgan fingerprint density at radius 3 is 2.50 bits per heavy atom. The van der Waals surface area contributed by atoms with Crippen LogP contribution in [-0.4, -0.2) is 94.2 Å². The second-order valence-electron chi connectivity index (χ2n) is 7.36. The van der Waals surface area contributed by atoms with E-state index in [1.165, 1.54) is 0 Å². The molecule has 0 saturated carbocycles. The molecule has 160 valence electrons. The van der Waals surface area contributed by atoms with Crippen LogP contribution in [0, 0.1) is 5.92 Å². The number of hydrogen-bond donors (Lipinski definition) is 1. The molecule has 1 heterocycles. The molecule has 0 bridgehead atoms. The molecule has 1 aromatic rings. The molecular formula is C20H35ClIN5O. The number of nitrogens with zero attached hydrogens (tertiary/aromatic N) is 4. The minimum Gasteiger partial charge on any atom is -0.492 e. The highest BCUT2D eigenvalue weighted by molar-refractivity contribution is 14.0. The van der Waals surface area contributed by atoms with E-state index in [1.54, 1.807) is 0 Å². The van der Waals surface area contributed by atoms with Crippen LogP contribution in [0.2, 0.25) is 5.02 Å². The first kappa shape index (κ1) is 25.3. The monoisotopic (exact) mass is 523 g/mol. The van der Waals surface area contributed by atoms with Gasteiger partial charge in [0.2, 0.25) is 0 Å².